The fourth-order valence-electron chi connectivity index (χ4n) is 1.54. The molecule has 0 saturated heterocycles. The van der Waals surface area contributed by atoms with Crippen molar-refractivity contribution in [1.29, 1.82) is 0 Å². The van der Waals surface area contributed by atoms with Gasteiger partial charge >= 0.3 is 5.97 Å². The van der Waals surface area contributed by atoms with E-state index in [1.165, 1.54) is 12.8 Å². The van der Waals surface area contributed by atoms with Crippen LogP contribution in [0.4, 0.5) is 0 Å². The summed E-state index contributed by atoms with van der Waals surface area (Å²) in [6.07, 6.45) is 4.31. The van der Waals surface area contributed by atoms with E-state index in [4.69, 9.17) is 4.74 Å². The second kappa shape index (κ2) is 4.04. The number of carbonyl (C=O) groups is 1. The molecule has 1 unspecified atom stereocenters. The summed E-state index contributed by atoms with van der Waals surface area (Å²) < 4.78 is 6.63. The molecule has 4 heteroatoms. The number of nitrogens with zero attached hydrogens (tertiary/aromatic N) is 2. The Bertz CT molecular complexity index is 355. The molecule has 2 rings (SSSR count). The van der Waals surface area contributed by atoms with Crippen LogP contribution in [0.3, 0.4) is 0 Å². The summed E-state index contributed by atoms with van der Waals surface area (Å²) in [7, 11) is 0. The molecule has 0 amide bonds. The Balaban J connectivity index is 2.04. The highest BCUT2D eigenvalue weighted by Crippen LogP contribution is 2.39. The van der Waals surface area contributed by atoms with E-state index in [1.54, 1.807) is 4.68 Å². The molecule has 1 heterocycles. The summed E-state index contributed by atoms with van der Waals surface area (Å²) in [6.45, 7) is 4.03. The molecule has 15 heavy (non-hydrogen) atoms. The van der Waals surface area contributed by atoms with Gasteiger partial charge in [0.2, 0.25) is 0 Å². The summed E-state index contributed by atoms with van der Waals surface area (Å²) in [5.41, 5.74) is 1.10. The quantitative estimate of drug-likeness (QED) is 0.710. The van der Waals surface area contributed by atoms with Crippen LogP contribution in [0.5, 0.6) is 0 Å². The van der Waals surface area contributed by atoms with E-state index in [0.717, 1.165) is 5.69 Å². The lowest BCUT2D eigenvalue weighted by molar-refractivity contribution is -0.146. The van der Waals surface area contributed by atoms with Gasteiger partial charge in [-0.2, -0.15) is 5.10 Å². The van der Waals surface area contributed by atoms with Crippen molar-refractivity contribution in [2.24, 2.45) is 0 Å². The zero-order chi connectivity index (χ0) is 10.8. The lowest BCUT2D eigenvalue weighted by atomic mass is 10.3. The van der Waals surface area contributed by atoms with Gasteiger partial charge < -0.3 is 4.74 Å². The van der Waals surface area contributed by atoms with Crippen molar-refractivity contribution < 1.29 is 9.53 Å². The lowest BCUT2D eigenvalue weighted by Gasteiger charge is -2.10. The molecule has 0 radical (unpaired) electrons. The van der Waals surface area contributed by atoms with E-state index in [-0.39, 0.29) is 12.0 Å². The molecule has 4 nitrogen and oxygen atoms in total. The van der Waals surface area contributed by atoms with Crippen LogP contribution in [0, 0.1) is 0 Å². The molecule has 1 aliphatic rings. The Morgan fingerprint density at radius 2 is 2.47 bits per heavy atom. The van der Waals surface area contributed by atoms with Crippen molar-refractivity contribution in [1.82, 2.24) is 9.78 Å². The van der Waals surface area contributed by atoms with Gasteiger partial charge in [-0.1, -0.05) is 0 Å². The molecule has 1 aromatic heterocycles. The van der Waals surface area contributed by atoms with E-state index < -0.39 is 0 Å². The van der Waals surface area contributed by atoms with Crippen LogP contribution in [0.25, 0.3) is 0 Å². The van der Waals surface area contributed by atoms with Gasteiger partial charge in [-0.3, -0.25) is 4.68 Å². The van der Waals surface area contributed by atoms with Crippen LogP contribution in [0.1, 0.15) is 44.3 Å². The van der Waals surface area contributed by atoms with Crippen molar-refractivity contribution in [2.75, 3.05) is 6.61 Å². The molecule has 1 aliphatic carbocycles. The predicted octanol–water partition coefficient (Wildman–Crippen LogP) is 1.88. The number of hydrogen-bond donors (Lipinski definition) is 0. The van der Waals surface area contributed by atoms with Crippen LogP contribution >= 0.6 is 0 Å². The van der Waals surface area contributed by atoms with Crippen molar-refractivity contribution >= 4 is 5.97 Å². The summed E-state index contributed by atoms with van der Waals surface area (Å²) in [5.74, 6) is 0.406. The molecule has 0 aromatic carbocycles. The minimum absolute atomic E-state index is 0.219. The first-order valence-electron chi connectivity index (χ1n) is 5.44. The molecule has 0 spiro atoms. The smallest absolute Gasteiger partial charge is 0.330 e. The topological polar surface area (TPSA) is 44.1 Å². The van der Waals surface area contributed by atoms with Gasteiger partial charge in [-0.15, -0.1) is 0 Å². The average Bonchev–Trinajstić information content (AvgIpc) is 2.96. The predicted molar refractivity (Wildman–Crippen MR) is 55.5 cm³/mol. The molecular formula is C11H16N2O2. The maximum atomic E-state index is 11.5. The third-order valence-corrected chi connectivity index (χ3v) is 2.65. The average molecular weight is 208 g/mol. The Morgan fingerprint density at radius 3 is 3.07 bits per heavy atom. The maximum Gasteiger partial charge on any atom is 0.330 e. The first kappa shape index (κ1) is 10.2. The minimum Gasteiger partial charge on any atom is -0.464 e. The van der Waals surface area contributed by atoms with Gasteiger partial charge in [-0.05, 0) is 32.8 Å². The highest BCUT2D eigenvalue weighted by atomic mass is 16.5. The monoisotopic (exact) mass is 208 g/mol. The maximum absolute atomic E-state index is 11.5. The van der Waals surface area contributed by atoms with Crippen LogP contribution < -0.4 is 0 Å². The molecule has 0 aliphatic heterocycles. The molecule has 1 aromatic rings. The number of hydrogen-bond acceptors (Lipinski definition) is 3. The molecule has 1 atom stereocenters. The van der Waals surface area contributed by atoms with Gasteiger partial charge in [-0.25, -0.2) is 4.79 Å². The lowest BCUT2D eigenvalue weighted by Crippen LogP contribution is -2.19. The van der Waals surface area contributed by atoms with E-state index in [1.807, 2.05) is 26.1 Å². The first-order valence-corrected chi connectivity index (χ1v) is 5.44. The van der Waals surface area contributed by atoms with Crippen LogP contribution in [-0.4, -0.2) is 22.4 Å². The number of esters is 1. The van der Waals surface area contributed by atoms with Gasteiger partial charge in [0.05, 0.1) is 12.3 Å². The Hall–Kier alpha value is -1.32. The minimum atomic E-state index is -0.322. The summed E-state index contributed by atoms with van der Waals surface area (Å²) in [5, 5.41) is 4.39. The summed E-state index contributed by atoms with van der Waals surface area (Å²) >= 11 is 0. The normalized spacial score (nSPS) is 17.5. The van der Waals surface area contributed by atoms with E-state index in [2.05, 4.69) is 5.10 Å². The van der Waals surface area contributed by atoms with E-state index >= 15 is 0 Å². The van der Waals surface area contributed by atoms with Gasteiger partial charge in [0.15, 0.2) is 0 Å². The highest BCUT2D eigenvalue weighted by molar-refractivity contribution is 5.73. The van der Waals surface area contributed by atoms with Crippen molar-refractivity contribution in [3.05, 3.63) is 18.0 Å². The molecular weight excluding hydrogens is 192 g/mol. The zero-order valence-electron chi connectivity index (χ0n) is 9.14. The number of carbonyl (C=O) groups excluding carboxylic acids is 1. The fraction of sp³-hybridized carbons (Fsp3) is 0.636. The van der Waals surface area contributed by atoms with Crippen molar-refractivity contribution in [2.45, 2.75) is 38.6 Å². The molecule has 0 N–H and O–H groups in total. The van der Waals surface area contributed by atoms with Gasteiger partial charge in [0.25, 0.3) is 0 Å². The fourth-order valence-corrected chi connectivity index (χ4v) is 1.54. The standard InChI is InChI=1S/C11H16N2O2/c1-3-15-11(14)8(2)13-7-6-10(12-13)9-4-5-9/h6-9H,3-5H2,1-2H3. The van der Waals surface area contributed by atoms with Crippen LogP contribution in [-0.2, 0) is 9.53 Å². The molecule has 82 valence electrons. The third kappa shape index (κ3) is 2.19. The second-order valence-corrected chi connectivity index (χ2v) is 3.92. The number of ether oxygens (including phenoxy) is 1. The van der Waals surface area contributed by atoms with Crippen LogP contribution in [0.15, 0.2) is 12.3 Å². The summed E-state index contributed by atoms with van der Waals surface area (Å²) in [4.78, 5) is 11.5. The second-order valence-electron chi connectivity index (χ2n) is 3.92. The molecule has 1 fully saturated rings. The first-order chi connectivity index (χ1) is 7.22. The number of rotatable bonds is 4. The summed E-state index contributed by atoms with van der Waals surface area (Å²) in [6, 6.07) is 1.67. The highest BCUT2D eigenvalue weighted by Gasteiger charge is 2.27. The number of aromatic nitrogens is 2. The Labute approximate surface area is 89.2 Å². The molecule has 0 bridgehead atoms. The SMILES string of the molecule is CCOC(=O)C(C)n1ccc(C2CC2)n1. The van der Waals surface area contributed by atoms with Gasteiger partial charge in [0, 0.05) is 12.1 Å². The Kier molecular flexibility index (Phi) is 2.75. The largest absolute Gasteiger partial charge is 0.464 e. The van der Waals surface area contributed by atoms with Crippen LogP contribution in [0.2, 0.25) is 0 Å². The zero-order valence-corrected chi connectivity index (χ0v) is 9.14. The van der Waals surface area contributed by atoms with E-state index in [0.29, 0.717) is 12.5 Å². The van der Waals surface area contributed by atoms with Crippen molar-refractivity contribution in [3.63, 3.8) is 0 Å². The molecule has 1 saturated carbocycles. The van der Waals surface area contributed by atoms with E-state index in [9.17, 15) is 4.79 Å². The van der Waals surface area contributed by atoms with Crippen molar-refractivity contribution in [3.8, 4) is 0 Å². The third-order valence-electron chi connectivity index (χ3n) is 2.65. The van der Waals surface area contributed by atoms with Gasteiger partial charge in [0.1, 0.15) is 6.04 Å². The Morgan fingerprint density at radius 1 is 1.73 bits per heavy atom.